The highest BCUT2D eigenvalue weighted by Gasteiger charge is 2.08. The van der Waals surface area contributed by atoms with Crippen molar-refractivity contribution >= 4 is 16.8 Å². The maximum atomic E-state index is 13.5. The van der Waals surface area contributed by atoms with Gasteiger partial charge < -0.3 is 5.32 Å². The minimum atomic E-state index is -0.317. The second-order valence-electron chi connectivity index (χ2n) is 5.23. The van der Waals surface area contributed by atoms with Gasteiger partial charge in [0.25, 0.3) is 0 Å². The van der Waals surface area contributed by atoms with Gasteiger partial charge in [0.1, 0.15) is 12.4 Å². The third-order valence-corrected chi connectivity index (χ3v) is 3.53. The quantitative estimate of drug-likeness (QED) is 0.805. The number of hydrogen-bond donors (Lipinski definition) is 1. The van der Waals surface area contributed by atoms with Crippen molar-refractivity contribution in [1.29, 1.82) is 0 Å². The largest absolute Gasteiger partial charge is 0.350 e. The average molecular weight is 297 g/mol. The summed E-state index contributed by atoms with van der Waals surface area (Å²) in [5.41, 5.74) is 2.50. The van der Waals surface area contributed by atoms with Gasteiger partial charge in [-0.05, 0) is 24.6 Å². The van der Waals surface area contributed by atoms with Crippen molar-refractivity contribution in [3.63, 3.8) is 0 Å². The number of carbonyl (C=O) groups is 1. The first-order chi connectivity index (χ1) is 10.6. The molecule has 0 atom stereocenters. The molecule has 22 heavy (non-hydrogen) atoms. The van der Waals surface area contributed by atoms with E-state index in [1.807, 2.05) is 25.1 Å². The fourth-order valence-electron chi connectivity index (χ4n) is 2.33. The van der Waals surface area contributed by atoms with E-state index in [1.165, 1.54) is 6.07 Å². The van der Waals surface area contributed by atoms with Crippen molar-refractivity contribution in [3.05, 3.63) is 65.6 Å². The van der Waals surface area contributed by atoms with Gasteiger partial charge >= 0.3 is 0 Å². The molecule has 0 fully saturated rings. The Hall–Kier alpha value is -2.69. The lowest BCUT2D eigenvalue weighted by Gasteiger charge is -2.07. The number of amides is 1. The van der Waals surface area contributed by atoms with E-state index in [0.717, 1.165) is 16.5 Å². The third-order valence-electron chi connectivity index (χ3n) is 3.53. The summed E-state index contributed by atoms with van der Waals surface area (Å²) in [6.45, 7) is 2.28. The lowest BCUT2D eigenvalue weighted by molar-refractivity contribution is -0.121. The van der Waals surface area contributed by atoms with E-state index in [9.17, 15) is 9.18 Å². The summed E-state index contributed by atoms with van der Waals surface area (Å²) >= 11 is 0. The number of aromatic nitrogens is 2. The van der Waals surface area contributed by atoms with Gasteiger partial charge in [-0.2, -0.15) is 5.10 Å². The monoisotopic (exact) mass is 297 g/mol. The van der Waals surface area contributed by atoms with Crippen LogP contribution < -0.4 is 5.32 Å². The van der Waals surface area contributed by atoms with Crippen molar-refractivity contribution in [2.75, 3.05) is 0 Å². The smallest absolute Gasteiger partial charge is 0.242 e. The molecular formula is C17H16FN3O. The van der Waals surface area contributed by atoms with Crippen LogP contribution in [0.15, 0.2) is 48.7 Å². The Morgan fingerprint density at radius 2 is 2.09 bits per heavy atom. The molecule has 1 heterocycles. The van der Waals surface area contributed by atoms with Gasteiger partial charge in [0.05, 0.1) is 11.7 Å². The number of carbonyl (C=O) groups excluding carboxylic acids is 1. The highest BCUT2D eigenvalue weighted by Crippen LogP contribution is 2.15. The van der Waals surface area contributed by atoms with E-state index in [1.54, 1.807) is 29.1 Å². The Labute approximate surface area is 127 Å². The van der Waals surface area contributed by atoms with Crippen LogP contribution in [0.5, 0.6) is 0 Å². The van der Waals surface area contributed by atoms with E-state index in [4.69, 9.17) is 0 Å². The predicted octanol–water partition coefficient (Wildman–Crippen LogP) is 2.80. The van der Waals surface area contributed by atoms with Crippen LogP contribution in [0.2, 0.25) is 0 Å². The van der Waals surface area contributed by atoms with Gasteiger partial charge in [0.2, 0.25) is 5.91 Å². The molecule has 4 nitrogen and oxygen atoms in total. The molecule has 3 rings (SSSR count). The molecule has 0 unspecified atom stereocenters. The molecule has 1 aromatic heterocycles. The molecular weight excluding hydrogens is 281 g/mol. The fourth-order valence-corrected chi connectivity index (χ4v) is 2.33. The molecule has 0 aliphatic rings. The molecule has 0 saturated carbocycles. The second-order valence-corrected chi connectivity index (χ2v) is 5.23. The third kappa shape index (κ3) is 2.98. The molecule has 0 spiro atoms. The van der Waals surface area contributed by atoms with E-state index in [-0.39, 0.29) is 24.8 Å². The van der Waals surface area contributed by atoms with Crippen LogP contribution >= 0.6 is 0 Å². The number of halogens is 1. The van der Waals surface area contributed by atoms with Crippen molar-refractivity contribution in [1.82, 2.24) is 15.1 Å². The summed E-state index contributed by atoms with van der Waals surface area (Å²) < 4.78 is 15.2. The molecule has 0 aliphatic carbocycles. The predicted molar refractivity (Wildman–Crippen MR) is 82.7 cm³/mol. The molecule has 1 N–H and O–H groups in total. The van der Waals surface area contributed by atoms with Crippen molar-refractivity contribution in [2.24, 2.45) is 0 Å². The Balaban J connectivity index is 1.68. The Bertz CT molecular complexity index is 826. The first kappa shape index (κ1) is 14.3. The summed E-state index contributed by atoms with van der Waals surface area (Å²) in [5.74, 6) is -0.516. The van der Waals surface area contributed by atoms with Crippen molar-refractivity contribution < 1.29 is 9.18 Å². The minimum Gasteiger partial charge on any atom is -0.350 e. The number of rotatable bonds is 4. The molecule has 5 heteroatoms. The van der Waals surface area contributed by atoms with Gasteiger partial charge in [-0.15, -0.1) is 0 Å². The maximum absolute atomic E-state index is 13.5. The second kappa shape index (κ2) is 5.97. The zero-order chi connectivity index (χ0) is 15.5. The summed E-state index contributed by atoms with van der Waals surface area (Å²) in [5, 5.41) is 7.94. The zero-order valence-corrected chi connectivity index (χ0v) is 12.2. The average Bonchev–Trinajstić information content (AvgIpc) is 2.89. The van der Waals surface area contributed by atoms with Crippen LogP contribution in [-0.2, 0) is 17.9 Å². The van der Waals surface area contributed by atoms with Gasteiger partial charge in [0.15, 0.2) is 0 Å². The molecule has 0 bridgehead atoms. The molecule has 3 aromatic rings. The Morgan fingerprint density at radius 1 is 1.27 bits per heavy atom. The van der Waals surface area contributed by atoms with Gasteiger partial charge in [-0.25, -0.2) is 4.39 Å². The molecule has 0 aliphatic heterocycles. The Kier molecular flexibility index (Phi) is 3.87. The molecule has 2 aromatic carbocycles. The van der Waals surface area contributed by atoms with E-state index in [2.05, 4.69) is 10.4 Å². The maximum Gasteiger partial charge on any atom is 0.242 e. The van der Waals surface area contributed by atoms with Crippen LogP contribution in [-0.4, -0.2) is 15.7 Å². The van der Waals surface area contributed by atoms with Crippen LogP contribution in [0.4, 0.5) is 4.39 Å². The highest BCUT2D eigenvalue weighted by molar-refractivity contribution is 5.82. The molecule has 0 saturated heterocycles. The normalized spacial score (nSPS) is 10.8. The molecule has 1 amide bonds. The summed E-state index contributed by atoms with van der Waals surface area (Å²) in [6, 6.07) is 12.4. The van der Waals surface area contributed by atoms with Crippen LogP contribution in [0.1, 0.15) is 11.1 Å². The van der Waals surface area contributed by atoms with Crippen LogP contribution in [0, 0.1) is 12.7 Å². The van der Waals surface area contributed by atoms with Crippen molar-refractivity contribution in [3.8, 4) is 0 Å². The minimum absolute atomic E-state index is 0.113. The number of hydrogen-bond acceptors (Lipinski definition) is 2. The summed E-state index contributed by atoms with van der Waals surface area (Å²) in [4.78, 5) is 12.0. The van der Waals surface area contributed by atoms with E-state index < -0.39 is 0 Å². The lowest BCUT2D eigenvalue weighted by Crippen LogP contribution is -2.27. The highest BCUT2D eigenvalue weighted by atomic mass is 19.1. The lowest BCUT2D eigenvalue weighted by atomic mass is 10.2. The first-order valence-electron chi connectivity index (χ1n) is 7.06. The number of benzene rings is 2. The van der Waals surface area contributed by atoms with Crippen molar-refractivity contribution in [2.45, 2.75) is 20.0 Å². The molecule has 0 radical (unpaired) electrons. The van der Waals surface area contributed by atoms with Gasteiger partial charge in [-0.3, -0.25) is 9.48 Å². The van der Waals surface area contributed by atoms with Gasteiger partial charge in [-0.1, -0.05) is 30.3 Å². The van der Waals surface area contributed by atoms with Gasteiger partial charge in [0, 0.05) is 17.5 Å². The summed E-state index contributed by atoms with van der Waals surface area (Å²) in [7, 11) is 0. The number of nitrogens with zero attached hydrogens (tertiary/aromatic N) is 2. The van der Waals surface area contributed by atoms with E-state index in [0.29, 0.717) is 5.56 Å². The molecule has 112 valence electrons. The summed E-state index contributed by atoms with van der Waals surface area (Å²) in [6.07, 6.45) is 1.74. The number of nitrogens with one attached hydrogen (secondary N) is 1. The Morgan fingerprint density at radius 3 is 2.91 bits per heavy atom. The van der Waals surface area contributed by atoms with E-state index >= 15 is 0 Å². The zero-order valence-electron chi connectivity index (χ0n) is 12.2. The topological polar surface area (TPSA) is 46.9 Å². The van der Waals surface area contributed by atoms with Crippen LogP contribution in [0.25, 0.3) is 10.9 Å². The fraction of sp³-hybridized carbons (Fsp3) is 0.176. The number of fused-ring (bicyclic) bond motifs is 1. The first-order valence-corrected chi connectivity index (χ1v) is 7.06. The van der Waals surface area contributed by atoms with Crippen LogP contribution in [0.3, 0.4) is 0 Å². The SMILES string of the molecule is Cc1ccc2cnn(CC(=O)NCc3ccccc3F)c2c1. The number of aryl methyl sites for hydroxylation is 1. The standard InChI is InChI=1S/C17H16FN3O/c1-12-6-7-14-10-20-21(16(14)8-12)11-17(22)19-9-13-4-2-3-5-15(13)18/h2-8,10H,9,11H2,1H3,(H,19,22).